The van der Waals surface area contributed by atoms with Crippen molar-refractivity contribution in [3.05, 3.63) is 48.4 Å². The summed E-state index contributed by atoms with van der Waals surface area (Å²) in [7, 11) is 0. The number of H-pyrrole nitrogens is 1. The van der Waals surface area contributed by atoms with E-state index in [2.05, 4.69) is 25.7 Å². The van der Waals surface area contributed by atoms with Gasteiger partial charge in [0.05, 0.1) is 18.4 Å². The van der Waals surface area contributed by atoms with Gasteiger partial charge in [0.25, 0.3) is 0 Å². The molecule has 5 heteroatoms. The summed E-state index contributed by atoms with van der Waals surface area (Å²) >= 11 is 0. The topological polar surface area (TPSA) is 66.5 Å². The summed E-state index contributed by atoms with van der Waals surface area (Å²) in [6, 6.07) is 9.95. The van der Waals surface area contributed by atoms with Crippen molar-refractivity contribution in [2.75, 3.05) is 5.32 Å². The summed E-state index contributed by atoms with van der Waals surface area (Å²) in [4.78, 5) is 0. The zero-order valence-corrected chi connectivity index (χ0v) is 9.09. The van der Waals surface area contributed by atoms with E-state index in [0.29, 0.717) is 6.54 Å². The monoisotopic (exact) mass is 225 g/mol. The predicted molar refractivity (Wildman–Crippen MR) is 65.5 cm³/mol. The molecule has 2 N–H and O–H groups in total. The molecular formula is C12H11N5. The van der Waals surface area contributed by atoms with Crippen molar-refractivity contribution in [2.24, 2.45) is 0 Å². The van der Waals surface area contributed by atoms with Crippen LogP contribution in [0.25, 0.3) is 10.8 Å². The van der Waals surface area contributed by atoms with Gasteiger partial charge in [-0.2, -0.15) is 10.2 Å². The fourth-order valence-electron chi connectivity index (χ4n) is 1.72. The molecule has 0 spiro atoms. The number of aromatic nitrogens is 4. The minimum atomic E-state index is 0.655. The molecule has 3 rings (SSSR count). The first-order chi connectivity index (χ1) is 8.43. The molecule has 0 saturated heterocycles. The Morgan fingerprint density at radius 3 is 3.00 bits per heavy atom. The molecule has 3 aromatic rings. The van der Waals surface area contributed by atoms with Crippen molar-refractivity contribution in [2.45, 2.75) is 6.54 Å². The zero-order chi connectivity index (χ0) is 11.5. The molecule has 17 heavy (non-hydrogen) atoms. The van der Waals surface area contributed by atoms with E-state index in [1.807, 2.05) is 30.3 Å². The summed E-state index contributed by atoms with van der Waals surface area (Å²) in [5, 5.41) is 20.3. The molecule has 1 aromatic carbocycles. The maximum atomic E-state index is 4.11. The van der Waals surface area contributed by atoms with Gasteiger partial charge in [-0.05, 0) is 6.07 Å². The molecular weight excluding hydrogens is 214 g/mol. The van der Waals surface area contributed by atoms with Crippen LogP contribution in [0.5, 0.6) is 0 Å². The lowest BCUT2D eigenvalue weighted by molar-refractivity contribution is 0.959. The summed E-state index contributed by atoms with van der Waals surface area (Å²) in [6.07, 6.45) is 3.49. The fourth-order valence-corrected chi connectivity index (χ4v) is 1.72. The fraction of sp³-hybridized carbons (Fsp3) is 0.0833. The second-order valence-corrected chi connectivity index (χ2v) is 3.72. The number of hydrogen-bond donors (Lipinski definition) is 2. The summed E-state index contributed by atoms with van der Waals surface area (Å²) < 4.78 is 0. The highest BCUT2D eigenvalue weighted by atomic mass is 15.2. The number of fused-ring (bicyclic) bond motifs is 1. The van der Waals surface area contributed by atoms with Crippen LogP contribution in [0.1, 0.15) is 5.69 Å². The van der Waals surface area contributed by atoms with Gasteiger partial charge in [0.15, 0.2) is 5.82 Å². The Morgan fingerprint density at radius 1 is 1.18 bits per heavy atom. The van der Waals surface area contributed by atoms with Gasteiger partial charge >= 0.3 is 0 Å². The standard InChI is InChI=1S/C12H11N5/c1-2-4-11-9(3-1)7-15-17-12(11)13-8-10-5-6-14-16-10/h1-7H,8H2,(H,13,17)(H,14,16). The van der Waals surface area contributed by atoms with Crippen LogP contribution in [-0.2, 0) is 6.54 Å². The molecule has 0 unspecified atom stereocenters. The Hall–Kier alpha value is -2.43. The van der Waals surface area contributed by atoms with Gasteiger partial charge in [-0.1, -0.05) is 24.3 Å². The van der Waals surface area contributed by atoms with E-state index >= 15 is 0 Å². The van der Waals surface area contributed by atoms with Crippen molar-refractivity contribution in [3.8, 4) is 0 Å². The second kappa shape index (κ2) is 4.21. The number of aromatic amines is 1. The van der Waals surface area contributed by atoms with E-state index in [1.54, 1.807) is 12.4 Å². The lowest BCUT2D eigenvalue weighted by Crippen LogP contribution is -2.03. The molecule has 2 heterocycles. The van der Waals surface area contributed by atoms with Crippen LogP contribution in [0.4, 0.5) is 5.82 Å². The largest absolute Gasteiger partial charge is 0.362 e. The summed E-state index contributed by atoms with van der Waals surface area (Å²) in [6.45, 7) is 0.655. The maximum absolute atomic E-state index is 4.11. The lowest BCUT2D eigenvalue weighted by atomic mass is 10.2. The molecule has 0 radical (unpaired) electrons. The Kier molecular flexibility index (Phi) is 2.42. The Labute approximate surface area is 97.9 Å². The van der Waals surface area contributed by atoms with E-state index in [1.165, 1.54) is 0 Å². The van der Waals surface area contributed by atoms with E-state index in [0.717, 1.165) is 22.3 Å². The maximum Gasteiger partial charge on any atom is 0.156 e. The van der Waals surface area contributed by atoms with Crippen LogP contribution in [0.2, 0.25) is 0 Å². The van der Waals surface area contributed by atoms with Crippen molar-refractivity contribution >= 4 is 16.6 Å². The lowest BCUT2D eigenvalue weighted by Gasteiger charge is -2.06. The van der Waals surface area contributed by atoms with Crippen molar-refractivity contribution in [1.29, 1.82) is 0 Å². The number of benzene rings is 1. The van der Waals surface area contributed by atoms with Crippen LogP contribution in [-0.4, -0.2) is 20.4 Å². The van der Waals surface area contributed by atoms with Crippen LogP contribution < -0.4 is 5.32 Å². The van der Waals surface area contributed by atoms with Gasteiger partial charge in [-0.15, -0.1) is 5.10 Å². The molecule has 84 valence electrons. The quantitative estimate of drug-likeness (QED) is 0.715. The van der Waals surface area contributed by atoms with Crippen molar-refractivity contribution in [3.63, 3.8) is 0 Å². The van der Waals surface area contributed by atoms with Crippen LogP contribution >= 0.6 is 0 Å². The second-order valence-electron chi connectivity index (χ2n) is 3.72. The van der Waals surface area contributed by atoms with Crippen LogP contribution in [0.3, 0.4) is 0 Å². The third-order valence-corrected chi connectivity index (χ3v) is 2.58. The van der Waals surface area contributed by atoms with Gasteiger partial charge in [0.1, 0.15) is 0 Å². The Bertz CT molecular complexity index is 612. The van der Waals surface area contributed by atoms with Crippen molar-refractivity contribution < 1.29 is 0 Å². The highest BCUT2D eigenvalue weighted by molar-refractivity contribution is 5.90. The molecule has 0 fully saturated rings. The minimum absolute atomic E-state index is 0.655. The van der Waals surface area contributed by atoms with E-state index < -0.39 is 0 Å². The molecule has 0 amide bonds. The molecule has 2 aromatic heterocycles. The Balaban J connectivity index is 1.90. The number of nitrogens with zero attached hydrogens (tertiary/aromatic N) is 3. The van der Waals surface area contributed by atoms with Gasteiger partial charge in [0, 0.05) is 17.0 Å². The van der Waals surface area contributed by atoms with Crippen molar-refractivity contribution in [1.82, 2.24) is 20.4 Å². The normalized spacial score (nSPS) is 10.6. The van der Waals surface area contributed by atoms with E-state index in [4.69, 9.17) is 0 Å². The SMILES string of the molecule is c1ccc2c(NCc3ccn[nH]3)nncc2c1. The van der Waals surface area contributed by atoms with E-state index in [-0.39, 0.29) is 0 Å². The third-order valence-electron chi connectivity index (χ3n) is 2.58. The Morgan fingerprint density at radius 2 is 2.12 bits per heavy atom. The molecule has 0 aliphatic heterocycles. The van der Waals surface area contributed by atoms with Gasteiger partial charge in [-0.25, -0.2) is 0 Å². The molecule has 0 aliphatic rings. The average molecular weight is 225 g/mol. The minimum Gasteiger partial charge on any atom is -0.362 e. The summed E-state index contributed by atoms with van der Waals surface area (Å²) in [5.41, 5.74) is 1.01. The van der Waals surface area contributed by atoms with Crippen LogP contribution in [0.15, 0.2) is 42.7 Å². The van der Waals surface area contributed by atoms with Gasteiger partial charge in [-0.3, -0.25) is 5.10 Å². The first-order valence-corrected chi connectivity index (χ1v) is 5.36. The number of nitrogens with one attached hydrogen (secondary N) is 2. The first-order valence-electron chi connectivity index (χ1n) is 5.36. The van der Waals surface area contributed by atoms with Gasteiger partial charge in [0.2, 0.25) is 0 Å². The molecule has 0 aliphatic carbocycles. The van der Waals surface area contributed by atoms with E-state index in [9.17, 15) is 0 Å². The van der Waals surface area contributed by atoms with Gasteiger partial charge < -0.3 is 5.32 Å². The third kappa shape index (κ3) is 1.94. The number of anilines is 1. The molecule has 5 nitrogen and oxygen atoms in total. The number of hydrogen-bond acceptors (Lipinski definition) is 4. The smallest absolute Gasteiger partial charge is 0.156 e. The first kappa shape index (κ1) is 9.77. The van der Waals surface area contributed by atoms with Crippen LogP contribution in [0, 0.1) is 0 Å². The molecule has 0 bridgehead atoms. The summed E-state index contributed by atoms with van der Waals surface area (Å²) in [5.74, 6) is 0.790. The highest BCUT2D eigenvalue weighted by Gasteiger charge is 2.02. The molecule has 0 atom stereocenters. The highest BCUT2D eigenvalue weighted by Crippen LogP contribution is 2.19. The predicted octanol–water partition coefficient (Wildman–Crippen LogP) is 1.96. The number of rotatable bonds is 3. The molecule has 0 saturated carbocycles. The average Bonchev–Trinajstić information content (AvgIpc) is 2.89. The zero-order valence-electron chi connectivity index (χ0n) is 9.09.